The Labute approximate surface area is 176 Å². The third-order valence-corrected chi connectivity index (χ3v) is 7.78. The van der Waals surface area contributed by atoms with E-state index in [0.717, 1.165) is 51.1 Å². The summed E-state index contributed by atoms with van der Waals surface area (Å²) in [6.07, 6.45) is 7.09. The van der Waals surface area contributed by atoms with Gasteiger partial charge < -0.3 is 9.64 Å². The maximum atomic E-state index is 13.0. The van der Waals surface area contributed by atoms with E-state index in [1.165, 1.54) is 16.9 Å². The third kappa shape index (κ3) is 3.80. The lowest BCUT2D eigenvalue weighted by atomic mass is 9.70. The Hall–Kier alpha value is -1.92. The summed E-state index contributed by atoms with van der Waals surface area (Å²) in [5.74, 6) is 2.41. The van der Waals surface area contributed by atoms with Crippen molar-refractivity contribution in [3.63, 3.8) is 0 Å². The van der Waals surface area contributed by atoms with Gasteiger partial charge in [-0.1, -0.05) is 12.1 Å². The zero-order valence-corrected chi connectivity index (χ0v) is 17.8. The van der Waals surface area contributed by atoms with Crippen molar-refractivity contribution < 1.29 is 9.53 Å². The molecule has 0 aliphatic carbocycles. The van der Waals surface area contributed by atoms with E-state index in [2.05, 4.69) is 33.0 Å². The molecule has 3 aliphatic heterocycles. The van der Waals surface area contributed by atoms with Crippen LogP contribution in [0.2, 0.25) is 0 Å². The summed E-state index contributed by atoms with van der Waals surface area (Å²) in [5, 5.41) is 0. The molecule has 1 amide bonds. The second-order valence-corrected chi connectivity index (χ2v) is 9.77. The van der Waals surface area contributed by atoms with E-state index in [0.29, 0.717) is 29.8 Å². The summed E-state index contributed by atoms with van der Waals surface area (Å²) in [7, 11) is 1.72. The lowest BCUT2D eigenvalue weighted by Gasteiger charge is -2.56. The lowest BCUT2D eigenvalue weighted by molar-refractivity contribution is -0.152. The maximum absolute atomic E-state index is 13.0. The summed E-state index contributed by atoms with van der Waals surface area (Å²) in [6, 6.07) is 9.07. The number of nitrogens with zero attached hydrogens (tertiary/aromatic N) is 3. The van der Waals surface area contributed by atoms with Crippen LogP contribution in [0.3, 0.4) is 0 Å². The van der Waals surface area contributed by atoms with Crippen LogP contribution in [0.5, 0.6) is 5.75 Å². The van der Waals surface area contributed by atoms with E-state index in [1.54, 1.807) is 18.4 Å². The average molecular weight is 412 g/mol. The largest absolute Gasteiger partial charge is 0.497 e. The van der Waals surface area contributed by atoms with Crippen LogP contribution in [0.25, 0.3) is 0 Å². The number of rotatable bonds is 5. The van der Waals surface area contributed by atoms with Crippen molar-refractivity contribution in [1.29, 1.82) is 0 Å². The molecule has 5 nitrogen and oxygen atoms in total. The van der Waals surface area contributed by atoms with Gasteiger partial charge in [0.05, 0.1) is 12.6 Å². The smallest absolute Gasteiger partial charge is 0.223 e. The molecule has 0 saturated carbocycles. The fourth-order valence-corrected chi connectivity index (χ4v) is 6.48. The topological polar surface area (TPSA) is 45.7 Å². The summed E-state index contributed by atoms with van der Waals surface area (Å²) in [6.45, 7) is 3.17. The first-order valence-electron chi connectivity index (χ1n) is 10.7. The highest BCUT2D eigenvalue weighted by atomic mass is 32.1. The van der Waals surface area contributed by atoms with Gasteiger partial charge in [-0.25, -0.2) is 0 Å². The highest BCUT2D eigenvalue weighted by Gasteiger charge is 2.49. The number of methoxy groups -OCH3 is 1. The van der Waals surface area contributed by atoms with Gasteiger partial charge in [0.15, 0.2) is 0 Å². The van der Waals surface area contributed by atoms with Gasteiger partial charge >= 0.3 is 0 Å². The van der Waals surface area contributed by atoms with Crippen LogP contribution < -0.4 is 4.74 Å². The normalized spacial score (nSPS) is 29.6. The van der Waals surface area contributed by atoms with Crippen LogP contribution >= 0.6 is 11.3 Å². The Bertz CT molecular complexity index is 856. The van der Waals surface area contributed by atoms with E-state index in [9.17, 15) is 4.79 Å². The molecule has 29 heavy (non-hydrogen) atoms. The predicted octanol–water partition coefficient (Wildman–Crippen LogP) is 3.60. The summed E-state index contributed by atoms with van der Waals surface area (Å²) < 4.78 is 5.44. The minimum atomic E-state index is 0.292. The zero-order chi connectivity index (χ0) is 19.8. The number of likely N-dealkylation sites (tertiary alicyclic amines) is 1. The molecule has 0 N–H and O–H groups in total. The minimum absolute atomic E-state index is 0.292. The Kier molecular flexibility index (Phi) is 5.31. The number of carbonyl (C=O) groups is 1. The number of ether oxygens (including phenoxy) is 1. The van der Waals surface area contributed by atoms with Gasteiger partial charge in [-0.15, -0.1) is 11.3 Å². The Balaban J connectivity index is 1.41. The number of amides is 1. The lowest BCUT2D eigenvalue weighted by Crippen LogP contribution is -2.65. The van der Waals surface area contributed by atoms with Crippen molar-refractivity contribution in [2.24, 2.45) is 11.8 Å². The first-order chi connectivity index (χ1) is 14.2. The fraction of sp³-hybridized carbons (Fsp3) is 0.565. The molecule has 3 aliphatic rings. The van der Waals surface area contributed by atoms with Crippen molar-refractivity contribution >= 4 is 17.2 Å². The van der Waals surface area contributed by atoms with Crippen molar-refractivity contribution in [1.82, 2.24) is 14.8 Å². The molecule has 3 saturated heterocycles. The molecular formula is C23H29N3O2S. The van der Waals surface area contributed by atoms with Crippen molar-refractivity contribution in [3.05, 3.63) is 46.4 Å². The zero-order valence-electron chi connectivity index (χ0n) is 17.0. The fourth-order valence-electron chi connectivity index (χ4n) is 5.85. The molecule has 5 rings (SSSR count). The quantitative estimate of drug-likeness (QED) is 0.754. The van der Waals surface area contributed by atoms with Crippen molar-refractivity contribution in [2.45, 2.75) is 50.7 Å². The number of aromatic nitrogens is 1. The highest BCUT2D eigenvalue weighted by Crippen LogP contribution is 2.43. The Morgan fingerprint density at radius 1 is 1.28 bits per heavy atom. The highest BCUT2D eigenvalue weighted by molar-refractivity contribution is 7.09. The van der Waals surface area contributed by atoms with E-state index in [1.807, 2.05) is 17.8 Å². The van der Waals surface area contributed by atoms with E-state index in [-0.39, 0.29) is 0 Å². The summed E-state index contributed by atoms with van der Waals surface area (Å²) >= 11 is 1.74. The van der Waals surface area contributed by atoms with Gasteiger partial charge in [0, 0.05) is 49.2 Å². The predicted molar refractivity (Wildman–Crippen MR) is 114 cm³/mol. The molecule has 3 fully saturated rings. The van der Waals surface area contributed by atoms with Gasteiger partial charge in [0.2, 0.25) is 5.91 Å². The monoisotopic (exact) mass is 411 g/mol. The Morgan fingerprint density at radius 3 is 3.00 bits per heavy atom. The van der Waals surface area contributed by atoms with Crippen LogP contribution in [-0.4, -0.2) is 53.0 Å². The molecule has 154 valence electrons. The third-order valence-electron chi connectivity index (χ3n) is 7.01. The standard InChI is InChI=1S/C23H29N3O2S/c1-28-19-5-2-4-16(8-19)9-22-18-10-17(21-6-3-7-23(27)26(21)22)12-25(13-18)14-20-11-24-15-29-20/h2,4-5,8,11,15,17-18,21-22H,3,6-7,9-10,12-14H2,1H3/t17-,18+,21+,22+/m1/s1. The van der Waals surface area contributed by atoms with Gasteiger partial charge in [-0.05, 0) is 55.2 Å². The maximum Gasteiger partial charge on any atom is 0.223 e. The van der Waals surface area contributed by atoms with Crippen LogP contribution in [0.4, 0.5) is 0 Å². The minimum Gasteiger partial charge on any atom is -0.497 e. The van der Waals surface area contributed by atoms with Crippen LogP contribution in [0.1, 0.15) is 36.1 Å². The van der Waals surface area contributed by atoms with Gasteiger partial charge in [-0.2, -0.15) is 0 Å². The number of hydrogen-bond acceptors (Lipinski definition) is 5. The number of piperidine rings is 3. The number of hydrogen-bond donors (Lipinski definition) is 0. The van der Waals surface area contributed by atoms with Gasteiger partial charge in [0.25, 0.3) is 0 Å². The molecule has 6 heteroatoms. The number of thiazole rings is 1. The van der Waals surface area contributed by atoms with Crippen LogP contribution in [-0.2, 0) is 17.8 Å². The summed E-state index contributed by atoms with van der Waals surface area (Å²) in [4.78, 5) is 23.5. The molecule has 0 unspecified atom stereocenters. The SMILES string of the molecule is COc1cccc(C[C@H]2[C@H]3C[C@H](CN(Cc4cncs4)C3)[C@@H]3CCCC(=O)N32)c1. The Morgan fingerprint density at radius 2 is 2.17 bits per heavy atom. The number of carbonyl (C=O) groups excluding carboxylic acids is 1. The van der Waals surface area contributed by atoms with E-state index in [4.69, 9.17) is 4.74 Å². The molecule has 0 radical (unpaired) electrons. The van der Waals surface area contributed by atoms with Gasteiger partial charge in [0.1, 0.15) is 5.75 Å². The molecular weight excluding hydrogens is 382 g/mol. The molecule has 4 heterocycles. The second kappa shape index (κ2) is 8.07. The summed E-state index contributed by atoms with van der Waals surface area (Å²) in [5.41, 5.74) is 3.19. The molecule has 1 aromatic heterocycles. The van der Waals surface area contributed by atoms with E-state index >= 15 is 0 Å². The number of fused-ring (bicyclic) bond motifs is 4. The van der Waals surface area contributed by atoms with E-state index < -0.39 is 0 Å². The first-order valence-corrected chi connectivity index (χ1v) is 11.6. The molecule has 0 spiro atoms. The molecule has 1 aromatic carbocycles. The first kappa shape index (κ1) is 19.1. The second-order valence-electron chi connectivity index (χ2n) is 8.80. The van der Waals surface area contributed by atoms with Crippen LogP contribution in [0.15, 0.2) is 36.0 Å². The van der Waals surface area contributed by atoms with Gasteiger partial charge in [-0.3, -0.25) is 14.7 Å². The van der Waals surface area contributed by atoms with Crippen molar-refractivity contribution in [2.75, 3.05) is 20.2 Å². The van der Waals surface area contributed by atoms with Crippen LogP contribution in [0, 0.1) is 11.8 Å². The molecule has 4 atom stereocenters. The molecule has 2 bridgehead atoms. The molecule has 2 aromatic rings. The van der Waals surface area contributed by atoms with Crippen molar-refractivity contribution in [3.8, 4) is 5.75 Å². The average Bonchev–Trinajstić information content (AvgIpc) is 3.24. The number of benzene rings is 1.